The van der Waals surface area contributed by atoms with Crippen molar-refractivity contribution in [2.24, 2.45) is 5.92 Å². The largest absolute Gasteiger partial charge is 0.503 e. The fourth-order valence-electron chi connectivity index (χ4n) is 2.85. The molecule has 0 bridgehead atoms. The van der Waals surface area contributed by atoms with E-state index in [4.69, 9.17) is 25.8 Å². The zero-order chi connectivity index (χ0) is 21.4. The summed E-state index contributed by atoms with van der Waals surface area (Å²) in [6.45, 7) is 7.25. The van der Waals surface area contributed by atoms with E-state index in [1.807, 2.05) is 31.2 Å². The van der Waals surface area contributed by atoms with Gasteiger partial charge in [-0.1, -0.05) is 56.1 Å². The Balaban J connectivity index is 2.21. The fraction of sp³-hybridized carbons (Fsp3) is 0.455. The third-order valence-corrected chi connectivity index (χ3v) is 5.39. The highest BCUT2D eigenvalue weighted by atomic mass is 35.5. The van der Waals surface area contributed by atoms with E-state index in [1.165, 1.54) is 20.5 Å². The van der Waals surface area contributed by atoms with Crippen molar-refractivity contribution in [3.63, 3.8) is 0 Å². The SMILES string of the molecule is CCC(C)CCn1nc(OCc2ccccc2/C(=C\OC)C(=O)OC)c(C)c1Cl. The third kappa shape index (κ3) is 5.76. The summed E-state index contributed by atoms with van der Waals surface area (Å²) in [7, 11) is 2.82. The molecule has 2 aromatic rings. The minimum Gasteiger partial charge on any atom is -0.503 e. The van der Waals surface area contributed by atoms with Crippen molar-refractivity contribution in [3.05, 3.63) is 52.4 Å². The van der Waals surface area contributed by atoms with Crippen molar-refractivity contribution in [2.75, 3.05) is 14.2 Å². The molecule has 1 unspecified atom stereocenters. The molecule has 0 saturated heterocycles. The van der Waals surface area contributed by atoms with E-state index < -0.39 is 5.97 Å². The third-order valence-electron chi connectivity index (χ3n) is 4.91. The number of hydrogen-bond donors (Lipinski definition) is 0. The minimum atomic E-state index is -0.479. The van der Waals surface area contributed by atoms with E-state index in [1.54, 1.807) is 4.68 Å². The lowest BCUT2D eigenvalue weighted by atomic mass is 10.0. The summed E-state index contributed by atoms with van der Waals surface area (Å²) in [5.74, 6) is 0.619. The Morgan fingerprint density at radius 1 is 1.31 bits per heavy atom. The second kappa shape index (κ2) is 10.9. The van der Waals surface area contributed by atoms with E-state index in [-0.39, 0.29) is 6.61 Å². The first kappa shape index (κ1) is 22.8. The van der Waals surface area contributed by atoms with Crippen LogP contribution in [0.1, 0.15) is 43.4 Å². The van der Waals surface area contributed by atoms with Gasteiger partial charge in [-0.15, -0.1) is 5.10 Å². The minimum absolute atomic E-state index is 0.230. The monoisotopic (exact) mass is 420 g/mol. The van der Waals surface area contributed by atoms with E-state index in [0.29, 0.717) is 28.1 Å². The molecule has 0 fully saturated rings. The Morgan fingerprint density at radius 2 is 2.03 bits per heavy atom. The van der Waals surface area contributed by atoms with Crippen LogP contribution in [0.25, 0.3) is 5.57 Å². The molecule has 1 aromatic carbocycles. The molecule has 7 heteroatoms. The van der Waals surface area contributed by atoms with Crippen LogP contribution in [0.5, 0.6) is 5.88 Å². The van der Waals surface area contributed by atoms with Crippen molar-refractivity contribution >= 4 is 23.1 Å². The molecule has 0 aliphatic rings. The normalized spacial score (nSPS) is 12.6. The highest BCUT2D eigenvalue weighted by Gasteiger charge is 2.19. The standard InChI is InChI=1S/C22H29ClN2O4/c1-6-15(2)11-12-25-20(23)16(3)21(24-25)29-13-17-9-7-8-10-18(17)19(14-27-4)22(26)28-5/h7-10,14-15H,6,11-13H2,1-5H3/b19-14+. The summed E-state index contributed by atoms with van der Waals surface area (Å²) in [6.07, 6.45) is 3.50. The number of halogens is 1. The van der Waals surface area contributed by atoms with Crippen LogP contribution in [0.3, 0.4) is 0 Å². The van der Waals surface area contributed by atoms with Gasteiger partial charge < -0.3 is 14.2 Å². The van der Waals surface area contributed by atoms with Crippen molar-refractivity contribution in [1.29, 1.82) is 0 Å². The molecule has 0 spiro atoms. The number of benzene rings is 1. The quantitative estimate of drug-likeness (QED) is 0.307. The molecule has 1 atom stereocenters. The van der Waals surface area contributed by atoms with Crippen LogP contribution in [-0.2, 0) is 27.4 Å². The van der Waals surface area contributed by atoms with Crippen molar-refractivity contribution in [3.8, 4) is 5.88 Å². The summed E-state index contributed by atoms with van der Waals surface area (Å²) in [5, 5.41) is 5.11. The highest BCUT2D eigenvalue weighted by molar-refractivity contribution is 6.30. The number of carbonyl (C=O) groups is 1. The number of methoxy groups -OCH3 is 2. The highest BCUT2D eigenvalue weighted by Crippen LogP contribution is 2.28. The molecule has 29 heavy (non-hydrogen) atoms. The summed E-state index contributed by atoms with van der Waals surface area (Å²) in [6, 6.07) is 7.44. The Kier molecular flexibility index (Phi) is 8.58. The van der Waals surface area contributed by atoms with Crippen LogP contribution >= 0.6 is 11.6 Å². The van der Waals surface area contributed by atoms with E-state index in [0.717, 1.165) is 30.5 Å². The Labute approximate surface area is 177 Å². The van der Waals surface area contributed by atoms with Gasteiger partial charge in [-0.2, -0.15) is 0 Å². The fourth-order valence-corrected chi connectivity index (χ4v) is 3.05. The summed E-state index contributed by atoms with van der Waals surface area (Å²) in [5.41, 5.74) is 2.61. The number of hydrogen-bond acceptors (Lipinski definition) is 5. The number of nitrogens with zero attached hydrogens (tertiary/aromatic N) is 2. The van der Waals surface area contributed by atoms with E-state index >= 15 is 0 Å². The van der Waals surface area contributed by atoms with Crippen LogP contribution in [0, 0.1) is 12.8 Å². The van der Waals surface area contributed by atoms with Gasteiger partial charge in [0.2, 0.25) is 5.88 Å². The predicted octanol–water partition coefficient (Wildman–Crippen LogP) is 5.02. The zero-order valence-electron chi connectivity index (χ0n) is 17.7. The van der Waals surface area contributed by atoms with Crippen LogP contribution < -0.4 is 4.74 Å². The predicted molar refractivity (Wildman–Crippen MR) is 114 cm³/mol. The maximum atomic E-state index is 12.1. The summed E-state index contributed by atoms with van der Waals surface area (Å²) in [4.78, 5) is 12.1. The number of ether oxygens (including phenoxy) is 3. The molecule has 0 aliphatic heterocycles. The van der Waals surface area contributed by atoms with Crippen molar-refractivity contribution < 1.29 is 19.0 Å². The van der Waals surface area contributed by atoms with Gasteiger partial charge in [-0.25, -0.2) is 4.79 Å². The van der Waals surface area contributed by atoms with Gasteiger partial charge in [0, 0.05) is 12.1 Å². The molecule has 6 nitrogen and oxygen atoms in total. The molecule has 0 N–H and O–H groups in total. The number of rotatable bonds is 10. The first-order valence-corrected chi connectivity index (χ1v) is 10.1. The van der Waals surface area contributed by atoms with Gasteiger partial charge in [-0.3, -0.25) is 4.68 Å². The number of aromatic nitrogens is 2. The maximum Gasteiger partial charge on any atom is 0.341 e. The molecule has 1 heterocycles. The van der Waals surface area contributed by atoms with E-state index in [9.17, 15) is 4.79 Å². The Morgan fingerprint density at radius 3 is 2.69 bits per heavy atom. The molecular weight excluding hydrogens is 392 g/mol. The van der Waals surface area contributed by atoms with Gasteiger partial charge in [0.05, 0.1) is 20.5 Å². The van der Waals surface area contributed by atoms with Crippen LogP contribution in [0.4, 0.5) is 0 Å². The summed E-state index contributed by atoms with van der Waals surface area (Å²) >= 11 is 6.44. The van der Waals surface area contributed by atoms with Gasteiger partial charge >= 0.3 is 5.97 Å². The average Bonchev–Trinajstić information content (AvgIpc) is 3.01. The number of esters is 1. The Hall–Kier alpha value is -2.47. The maximum absolute atomic E-state index is 12.1. The van der Waals surface area contributed by atoms with Crippen LogP contribution in [0.15, 0.2) is 30.5 Å². The molecule has 2 rings (SSSR count). The average molecular weight is 421 g/mol. The van der Waals surface area contributed by atoms with Crippen molar-refractivity contribution in [1.82, 2.24) is 9.78 Å². The zero-order valence-corrected chi connectivity index (χ0v) is 18.5. The lowest BCUT2D eigenvalue weighted by Crippen LogP contribution is -2.09. The Bertz CT molecular complexity index is 860. The summed E-state index contributed by atoms with van der Waals surface area (Å²) < 4.78 is 17.7. The molecule has 0 amide bonds. The molecule has 0 radical (unpaired) electrons. The smallest absolute Gasteiger partial charge is 0.341 e. The number of aryl methyl sites for hydroxylation is 1. The lowest BCUT2D eigenvalue weighted by molar-refractivity contribution is -0.133. The van der Waals surface area contributed by atoms with Gasteiger partial charge in [0.25, 0.3) is 0 Å². The van der Waals surface area contributed by atoms with Gasteiger partial charge in [-0.05, 0) is 30.4 Å². The first-order valence-electron chi connectivity index (χ1n) is 9.68. The molecule has 0 saturated carbocycles. The second-order valence-corrected chi connectivity index (χ2v) is 7.31. The first-order chi connectivity index (χ1) is 13.9. The molecular formula is C22H29ClN2O4. The van der Waals surface area contributed by atoms with Crippen LogP contribution in [0.2, 0.25) is 5.15 Å². The van der Waals surface area contributed by atoms with Crippen molar-refractivity contribution in [2.45, 2.75) is 46.8 Å². The molecule has 0 aliphatic carbocycles. The number of carbonyl (C=O) groups excluding carboxylic acids is 1. The van der Waals surface area contributed by atoms with E-state index in [2.05, 4.69) is 18.9 Å². The topological polar surface area (TPSA) is 62.6 Å². The van der Waals surface area contributed by atoms with Crippen LogP contribution in [-0.4, -0.2) is 30.0 Å². The van der Waals surface area contributed by atoms with Gasteiger partial charge in [0.15, 0.2) is 0 Å². The molecule has 158 valence electrons. The second-order valence-electron chi connectivity index (χ2n) is 6.95. The molecule has 1 aromatic heterocycles. The lowest BCUT2D eigenvalue weighted by Gasteiger charge is -2.12. The van der Waals surface area contributed by atoms with Gasteiger partial charge in [0.1, 0.15) is 17.3 Å².